The van der Waals surface area contributed by atoms with Gasteiger partial charge in [-0.1, -0.05) is 24.6 Å². The van der Waals surface area contributed by atoms with E-state index in [1.54, 1.807) is 30.3 Å². The zero-order chi connectivity index (χ0) is 27.5. The fourth-order valence-electron chi connectivity index (χ4n) is 7.11. The van der Waals surface area contributed by atoms with Crippen LogP contribution in [0.25, 0.3) is 0 Å². The minimum Gasteiger partial charge on any atom is -0.465 e. The lowest BCUT2D eigenvalue weighted by atomic mass is 9.77. The summed E-state index contributed by atoms with van der Waals surface area (Å²) >= 11 is 0. The fraction of sp³-hybridized carbons (Fsp3) is 0.438. The summed E-state index contributed by atoms with van der Waals surface area (Å²) in [6.07, 6.45) is 6.99. The number of carbonyl (C=O) groups excluding carboxylic acids is 3. The van der Waals surface area contributed by atoms with E-state index in [9.17, 15) is 19.6 Å². The average Bonchev–Trinajstić information content (AvgIpc) is 3.19. The van der Waals surface area contributed by atoms with Crippen LogP contribution in [0.15, 0.2) is 53.8 Å². The summed E-state index contributed by atoms with van der Waals surface area (Å²) in [7, 11) is 0. The SMILES string of the molecule is N#Cc1ccc2c(c1)C[C@]1(CCCCN3C(=O)c4ccccc4C3=O)OC3=C(C(=O)OC4(CCCCC4)C3)[C@H]2O1. The lowest BCUT2D eigenvalue weighted by Gasteiger charge is -2.51. The van der Waals surface area contributed by atoms with Crippen molar-refractivity contribution in [2.75, 3.05) is 6.54 Å². The van der Waals surface area contributed by atoms with Crippen LogP contribution in [0.4, 0.5) is 0 Å². The van der Waals surface area contributed by atoms with Crippen LogP contribution in [0.1, 0.15) is 101 Å². The molecule has 2 bridgehead atoms. The molecule has 1 saturated carbocycles. The first-order valence-electron chi connectivity index (χ1n) is 14.2. The van der Waals surface area contributed by atoms with E-state index in [4.69, 9.17) is 14.2 Å². The van der Waals surface area contributed by atoms with Crippen LogP contribution in [-0.4, -0.2) is 40.6 Å². The van der Waals surface area contributed by atoms with Gasteiger partial charge in [-0.2, -0.15) is 5.26 Å². The molecule has 0 saturated heterocycles. The van der Waals surface area contributed by atoms with Crippen LogP contribution in [0.5, 0.6) is 0 Å². The topological polar surface area (TPSA) is 106 Å². The van der Waals surface area contributed by atoms with Crippen LogP contribution in [-0.2, 0) is 25.4 Å². The van der Waals surface area contributed by atoms with Crippen molar-refractivity contribution in [3.05, 3.63) is 81.6 Å². The maximum Gasteiger partial charge on any atom is 0.341 e. The number of rotatable bonds is 5. The molecule has 2 aromatic carbocycles. The molecule has 2 atom stereocenters. The Balaban J connectivity index is 1.14. The van der Waals surface area contributed by atoms with Gasteiger partial charge >= 0.3 is 5.97 Å². The molecule has 8 nitrogen and oxygen atoms in total. The first kappa shape index (κ1) is 25.0. The third-order valence-corrected chi connectivity index (χ3v) is 9.06. The Hall–Kier alpha value is -3.96. The molecule has 4 aliphatic heterocycles. The van der Waals surface area contributed by atoms with Gasteiger partial charge in [-0.3, -0.25) is 14.5 Å². The number of unbranched alkanes of at least 4 members (excludes halogenated alkanes) is 1. The zero-order valence-electron chi connectivity index (χ0n) is 22.2. The van der Waals surface area contributed by atoms with E-state index >= 15 is 0 Å². The molecule has 204 valence electrons. The molecule has 40 heavy (non-hydrogen) atoms. The zero-order valence-corrected chi connectivity index (χ0v) is 22.2. The summed E-state index contributed by atoms with van der Waals surface area (Å²) in [5.74, 6) is -1.21. The highest BCUT2D eigenvalue weighted by Gasteiger charge is 2.55. The lowest BCUT2D eigenvalue weighted by molar-refractivity contribution is -0.272. The number of hydrogen-bond acceptors (Lipinski definition) is 7. The van der Waals surface area contributed by atoms with Crippen molar-refractivity contribution in [2.24, 2.45) is 0 Å². The Labute approximate surface area is 232 Å². The van der Waals surface area contributed by atoms with Gasteiger partial charge in [0.2, 0.25) is 5.79 Å². The monoisotopic (exact) mass is 538 g/mol. The van der Waals surface area contributed by atoms with E-state index in [2.05, 4.69) is 6.07 Å². The molecule has 4 heterocycles. The summed E-state index contributed by atoms with van der Waals surface area (Å²) in [5, 5.41) is 9.51. The Kier molecular flexibility index (Phi) is 5.83. The molecule has 2 amide bonds. The summed E-state index contributed by atoms with van der Waals surface area (Å²) in [6, 6.07) is 14.6. The average molecular weight is 539 g/mol. The summed E-state index contributed by atoms with van der Waals surface area (Å²) in [5.41, 5.74) is 3.15. The molecule has 0 N–H and O–H groups in total. The second kappa shape index (κ2) is 9.31. The highest BCUT2D eigenvalue weighted by molar-refractivity contribution is 6.21. The first-order valence-corrected chi connectivity index (χ1v) is 14.2. The van der Waals surface area contributed by atoms with Crippen LogP contribution in [0.2, 0.25) is 0 Å². The van der Waals surface area contributed by atoms with Crippen molar-refractivity contribution >= 4 is 17.8 Å². The number of esters is 1. The number of ether oxygens (including phenoxy) is 3. The van der Waals surface area contributed by atoms with Gasteiger partial charge in [0.15, 0.2) is 0 Å². The molecular formula is C32H30N2O6. The van der Waals surface area contributed by atoms with Gasteiger partial charge in [0.1, 0.15) is 23.0 Å². The van der Waals surface area contributed by atoms with Gasteiger partial charge in [0, 0.05) is 25.8 Å². The van der Waals surface area contributed by atoms with Crippen molar-refractivity contribution in [2.45, 2.75) is 81.7 Å². The molecule has 1 spiro atoms. The molecule has 0 unspecified atom stereocenters. The minimum atomic E-state index is -1.000. The van der Waals surface area contributed by atoms with Crippen molar-refractivity contribution in [3.63, 3.8) is 0 Å². The normalized spacial score (nSPS) is 26.0. The van der Waals surface area contributed by atoms with Crippen molar-refractivity contribution in [1.82, 2.24) is 4.90 Å². The summed E-state index contributed by atoms with van der Waals surface area (Å²) < 4.78 is 19.3. The molecule has 0 radical (unpaired) electrons. The van der Waals surface area contributed by atoms with E-state index < -0.39 is 17.5 Å². The molecule has 8 heteroatoms. The van der Waals surface area contributed by atoms with E-state index in [1.807, 2.05) is 12.1 Å². The quantitative estimate of drug-likeness (QED) is 0.290. The number of amides is 2. The molecule has 2 aromatic rings. The van der Waals surface area contributed by atoms with E-state index in [0.29, 0.717) is 66.7 Å². The second-order valence-electron chi connectivity index (χ2n) is 11.6. The maximum absolute atomic E-state index is 13.4. The maximum atomic E-state index is 13.4. The van der Waals surface area contributed by atoms with Gasteiger partial charge in [-0.25, -0.2) is 4.79 Å². The third kappa shape index (κ3) is 3.95. The Bertz CT molecular complexity index is 1480. The number of fused-ring (bicyclic) bond motifs is 6. The summed E-state index contributed by atoms with van der Waals surface area (Å²) in [4.78, 5) is 40.3. The number of carbonyl (C=O) groups is 3. The van der Waals surface area contributed by atoms with Crippen molar-refractivity contribution < 1.29 is 28.6 Å². The standard InChI is InChI=1S/C32H30N2O6/c33-19-20-10-11-22-21(16-20)17-32(14-6-7-15-34-28(35)23-8-2-3-9-24(23)29(34)36)38-25-18-31(12-4-1-5-13-31)40-30(37)26(25)27(22)39-32/h2-3,8-11,16,27H,1,4-7,12-15,17-18H2/t27-,32+/m0/s1. The molecule has 7 rings (SSSR count). The molecule has 0 aromatic heterocycles. The Morgan fingerprint density at radius 3 is 2.40 bits per heavy atom. The van der Waals surface area contributed by atoms with Gasteiger partial charge in [-0.15, -0.1) is 0 Å². The number of imide groups is 1. The van der Waals surface area contributed by atoms with Crippen LogP contribution < -0.4 is 0 Å². The Morgan fingerprint density at radius 1 is 0.925 bits per heavy atom. The largest absolute Gasteiger partial charge is 0.465 e. The second-order valence-corrected chi connectivity index (χ2v) is 11.6. The first-order chi connectivity index (χ1) is 19.4. The number of hydrogen-bond donors (Lipinski definition) is 0. The highest BCUT2D eigenvalue weighted by atomic mass is 16.7. The smallest absolute Gasteiger partial charge is 0.341 e. The summed E-state index contributed by atoms with van der Waals surface area (Å²) in [6.45, 7) is 0.310. The highest BCUT2D eigenvalue weighted by Crippen LogP contribution is 2.53. The molecule has 5 aliphatic rings. The van der Waals surface area contributed by atoms with Gasteiger partial charge in [0.25, 0.3) is 11.8 Å². The van der Waals surface area contributed by atoms with Gasteiger partial charge in [0.05, 0.1) is 22.8 Å². The predicted octanol–water partition coefficient (Wildman–Crippen LogP) is 5.27. The van der Waals surface area contributed by atoms with Crippen LogP contribution >= 0.6 is 0 Å². The number of nitriles is 1. The molecule has 1 fully saturated rings. The van der Waals surface area contributed by atoms with Gasteiger partial charge < -0.3 is 14.2 Å². The Morgan fingerprint density at radius 2 is 1.68 bits per heavy atom. The number of nitrogens with zero attached hydrogens (tertiary/aromatic N) is 2. The van der Waals surface area contributed by atoms with Crippen LogP contribution in [0.3, 0.4) is 0 Å². The van der Waals surface area contributed by atoms with Crippen molar-refractivity contribution in [1.29, 1.82) is 5.26 Å². The van der Waals surface area contributed by atoms with Crippen LogP contribution in [0, 0.1) is 11.3 Å². The van der Waals surface area contributed by atoms with E-state index in [-0.39, 0.29) is 17.8 Å². The third-order valence-electron chi connectivity index (χ3n) is 9.06. The molecule has 1 aliphatic carbocycles. The van der Waals surface area contributed by atoms with E-state index in [0.717, 1.165) is 43.2 Å². The predicted molar refractivity (Wildman–Crippen MR) is 142 cm³/mol. The van der Waals surface area contributed by atoms with E-state index in [1.165, 1.54) is 4.90 Å². The van der Waals surface area contributed by atoms with Crippen molar-refractivity contribution in [3.8, 4) is 6.07 Å². The minimum absolute atomic E-state index is 0.257. The van der Waals surface area contributed by atoms with Gasteiger partial charge in [-0.05, 0) is 73.9 Å². The molecular weight excluding hydrogens is 508 g/mol. The number of benzene rings is 2. The lowest BCUT2D eigenvalue weighted by Crippen LogP contribution is -2.52. The fourth-order valence-corrected chi connectivity index (χ4v) is 7.11.